The van der Waals surface area contributed by atoms with E-state index in [2.05, 4.69) is 20.7 Å². The third-order valence-electron chi connectivity index (χ3n) is 3.66. The third-order valence-corrected chi connectivity index (χ3v) is 4.59. The number of carbonyl (C=O) groups is 1. The number of methoxy groups -OCH3 is 1. The van der Waals surface area contributed by atoms with Gasteiger partial charge in [0, 0.05) is 5.69 Å². The number of hydrogen-bond donors (Lipinski definition) is 1. The molecule has 27 heavy (non-hydrogen) atoms. The molecule has 0 aliphatic carbocycles. The van der Waals surface area contributed by atoms with E-state index in [1.54, 1.807) is 13.3 Å². The Hall–Kier alpha value is -3.13. The summed E-state index contributed by atoms with van der Waals surface area (Å²) in [5.74, 6) is 1.50. The molecule has 0 radical (unpaired) electrons. The second-order valence-electron chi connectivity index (χ2n) is 5.56. The molecule has 3 aromatic rings. The summed E-state index contributed by atoms with van der Waals surface area (Å²) in [4.78, 5) is 12.0. The van der Waals surface area contributed by atoms with Gasteiger partial charge in [0.1, 0.15) is 11.6 Å². The molecule has 2 aromatic carbocycles. The Labute approximate surface area is 161 Å². The first-order chi connectivity index (χ1) is 13.2. The SMILES string of the molecule is COc1ccc(/C=N\NC(=O)CSc2nnc(C)n2-c2ccccc2)cc1. The van der Waals surface area contributed by atoms with E-state index in [9.17, 15) is 4.79 Å². The second kappa shape index (κ2) is 9.00. The van der Waals surface area contributed by atoms with Gasteiger partial charge in [-0.2, -0.15) is 5.10 Å². The number of ether oxygens (including phenoxy) is 1. The summed E-state index contributed by atoms with van der Waals surface area (Å²) in [6.07, 6.45) is 1.58. The number of aryl methyl sites for hydroxylation is 1. The quantitative estimate of drug-likeness (QED) is 0.387. The summed E-state index contributed by atoms with van der Waals surface area (Å²) in [6.45, 7) is 1.88. The number of rotatable bonds is 7. The van der Waals surface area contributed by atoms with Crippen LogP contribution in [0.4, 0.5) is 0 Å². The van der Waals surface area contributed by atoms with Crippen LogP contribution >= 0.6 is 11.8 Å². The fourth-order valence-electron chi connectivity index (χ4n) is 2.34. The van der Waals surface area contributed by atoms with Gasteiger partial charge in [-0.05, 0) is 48.9 Å². The van der Waals surface area contributed by atoms with Crippen molar-refractivity contribution in [3.8, 4) is 11.4 Å². The molecular weight excluding hydrogens is 362 g/mol. The molecule has 8 heteroatoms. The number of hydrogen-bond acceptors (Lipinski definition) is 6. The number of nitrogens with one attached hydrogen (secondary N) is 1. The van der Waals surface area contributed by atoms with Crippen molar-refractivity contribution >= 4 is 23.9 Å². The van der Waals surface area contributed by atoms with Crippen molar-refractivity contribution in [2.24, 2.45) is 5.10 Å². The Bertz CT molecular complexity index is 923. The summed E-state index contributed by atoms with van der Waals surface area (Å²) in [7, 11) is 1.61. The molecule has 1 amide bonds. The predicted molar refractivity (Wildman–Crippen MR) is 106 cm³/mol. The molecule has 0 bridgehead atoms. The lowest BCUT2D eigenvalue weighted by Crippen LogP contribution is -2.20. The van der Waals surface area contributed by atoms with Gasteiger partial charge in [0.05, 0.1) is 19.1 Å². The molecule has 0 aliphatic heterocycles. The van der Waals surface area contributed by atoms with Gasteiger partial charge in [0.25, 0.3) is 5.91 Å². The first-order valence-corrected chi connectivity index (χ1v) is 9.22. The molecular formula is C19H19N5O2S. The van der Waals surface area contributed by atoms with Crippen LogP contribution in [-0.2, 0) is 4.79 Å². The van der Waals surface area contributed by atoms with Crippen LogP contribution < -0.4 is 10.2 Å². The fraction of sp³-hybridized carbons (Fsp3) is 0.158. The molecule has 0 atom stereocenters. The maximum Gasteiger partial charge on any atom is 0.250 e. The van der Waals surface area contributed by atoms with E-state index >= 15 is 0 Å². The number of carbonyl (C=O) groups excluding carboxylic acids is 1. The lowest BCUT2D eigenvalue weighted by atomic mass is 10.2. The molecule has 138 valence electrons. The van der Waals surface area contributed by atoms with Crippen molar-refractivity contribution < 1.29 is 9.53 Å². The highest BCUT2D eigenvalue weighted by molar-refractivity contribution is 7.99. The zero-order valence-corrected chi connectivity index (χ0v) is 15.8. The van der Waals surface area contributed by atoms with E-state index in [1.807, 2.05) is 66.1 Å². The van der Waals surface area contributed by atoms with Gasteiger partial charge in [-0.3, -0.25) is 9.36 Å². The maximum absolute atomic E-state index is 12.0. The average molecular weight is 381 g/mol. The van der Waals surface area contributed by atoms with E-state index in [0.29, 0.717) is 5.16 Å². The van der Waals surface area contributed by atoms with E-state index in [4.69, 9.17) is 4.74 Å². The van der Waals surface area contributed by atoms with Gasteiger partial charge in [-0.15, -0.1) is 10.2 Å². The molecule has 1 aromatic heterocycles. The minimum atomic E-state index is -0.218. The van der Waals surface area contributed by atoms with Crippen LogP contribution in [0, 0.1) is 6.92 Å². The van der Waals surface area contributed by atoms with Crippen LogP contribution in [-0.4, -0.2) is 39.7 Å². The lowest BCUT2D eigenvalue weighted by Gasteiger charge is -2.07. The van der Waals surface area contributed by atoms with Crippen molar-refractivity contribution in [1.82, 2.24) is 20.2 Å². The van der Waals surface area contributed by atoms with Crippen molar-refractivity contribution in [2.45, 2.75) is 12.1 Å². The predicted octanol–water partition coefficient (Wildman–Crippen LogP) is 2.83. The van der Waals surface area contributed by atoms with Crippen molar-refractivity contribution in [1.29, 1.82) is 0 Å². The summed E-state index contributed by atoms with van der Waals surface area (Å²) >= 11 is 1.31. The molecule has 0 saturated heterocycles. The van der Waals surface area contributed by atoms with E-state index in [-0.39, 0.29) is 11.7 Å². The molecule has 0 spiro atoms. The lowest BCUT2D eigenvalue weighted by molar-refractivity contribution is -0.118. The first-order valence-electron chi connectivity index (χ1n) is 8.23. The molecule has 7 nitrogen and oxygen atoms in total. The molecule has 1 heterocycles. The summed E-state index contributed by atoms with van der Waals surface area (Å²) < 4.78 is 7.01. The number of nitrogens with zero attached hydrogens (tertiary/aromatic N) is 4. The Morgan fingerprint density at radius 2 is 1.93 bits per heavy atom. The highest BCUT2D eigenvalue weighted by Gasteiger charge is 2.12. The zero-order chi connectivity index (χ0) is 19.1. The Morgan fingerprint density at radius 1 is 1.19 bits per heavy atom. The normalized spacial score (nSPS) is 10.9. The molecule has 1 N–H and O–H groups in total. The summed E-state index contributed by atoms with van der Waals surface area (Å²) in [5, 5.41) is 12.9. The van der Waals surface area contributed by atoms with Gasteiger partial charge in [0.15, 0.2) is 5.16 Å². The second-order valence-corrected chi connectivity index (χ2v) is 6.50. The van der Waals surface area contributed by atoms with Crippen LogP contribution in [0.1, 0.15) is 11.4 Å². The van der Waals surface area contributed by atoms with E-state index < -0.39 is 0 Å². The molecule has 0 unspecified atom stereocenters. The van der Waals surface area contributed by atoms with Gasteiger partial charge in [-0.25, -0.2) is 5.43 Å². The largest absolute Gasteiger partial charge is 0.497 e. The first kappa shape index (κ1) is 18.7. The average Bonchev–Trinajstić information content (AvgIpc) is 3.08. The van der Waals surface area contributed by atoms with Gasteiger partial charge >= 0.3 is 0 Å². The number of thioether (sulfide) groups is 1. The van der Waals surface area contributed by atoms with Crippen molar-refractivity contribution in [2.75, 3.05) is 12.9 Å². The maximum atomic E-state index is 12.0. The molecule has 0 saturated carbocycles. The van der Waals surface area contributed by atoms with E-state index in [1.165, 1.54) is 11.8 Å². The topological polar surface area (TPSA) is 81.4 Å². The van der Waals surface area contributed by atoms with Gasteiger partial charge in [0.2, 0.25) is 0 Å². The van der Waals surface area contributed by atoms with E-state index in [0.717, 1.165) is 22.8 Å². The Balaban J connectivity index is 1.56. The van der Waals surface area contributed by atoms with Crippen molar-refractivity contribution in [3.05, 3.63) is 66.0 Å². The number of aromatic nitrogens is 3. The molecule has 0 aliphatic rings. The van der Waals surface area contributed by atoms with Crippen LogP contribution in [0.5, 0.6) is 5.75 Å². The number of hydrazone groups is 1. The number of benzene rings is 2. The molecule has 3 rings (SSSR count). The number of para-hydroxylation sites is 1. The molecule has 0 fully saturated rings. The minimum absolute atomic E-state index is 0.185. The summed E-state index contributed by atoms with van der Waals surface area (Å²) in [5.41, 5.74) is 4.34. The van der Waals surface area contributed by atoms with Gasteiger partial charge < -0.3 is 4.74 Å². The van der Waals surface area contributed by atoms with Crippen LogP contribution in [0.2, 0.25) is 0 Å². The van der Waals surface area contributed by atoms with Crippen molar-refractivity contribution in [3.63, 3.8) is 0 Å². The fourth-order valence-corrected chi connectivity index (χ4v) is 3.13. The summed E-state index contributed by atoms with van der Waals surface area (Å²) in [6, 6.07) is 17.2. The van der Waals surface area contributed by atoms with Crippen LogP contribution in [0.15, 0.2) is 64.9 Å². The van der Waals surface area contributed by atoms with Crippen LogP contribution in [0.25, 0.3) is 5.69 Å². The van der Waals surface area contributed by atoms with Crippen LogP contribution in [0.3, 0.4) is 0 Å². The zero-order valence-electron chi connectivity index (χ0n) is 15.0. The smallest absolute Gasteiger partial charge is 0.250 e. The standard InChI is InChI=1S/C19H19N5O2S/c1-14-21-23-19(24(14)16-6-4-3-5-7-16)27-13-18(25)22-20-12-15-8-10-17(26-2)11-9-15/h3-12H,13H2,1-2H3,(H,22,25)/b20-12-. The van der Waals surface area contributed by atoms with Gasteiger partial charge in [-0.1, -0.05) is 30.0 Å². The Morgan fingerprint density at radius 3 is 2.63 bits per heavy atom. The Kier molecular flexibility index (Phi) is 6.22. The third kappa shape index (κ3) is 4.95. The highest BCUT2D eigenvalue weighted by Crippen LogP contribution is 2.21. The minimum Gasteiger partial charge on any atom is -0.497 e. The highest BCUT2D eigenvalue weighted by atomic mass is 32.2. The monoisotopic (exact) mass is 381 g/mol. The number of amides is 1.